The molecule has 0 aliphatic carbocycles. The molecule has 0 aliphatic rings. The van der Waals surface area contributed by atoms with E-state index in [1.54, 1.807) is 0 Å². The molecule has 23 heavy (non-hydrogen) atoms. The maximum atomic E-state index is 8.28. The predicted molar refractivity (Wildman–Crippen MR) is 107 cm³/mol. The van der Waals surface area contributed by atoms with Gasteiger partial charge in [0.15, 0.2) is 0 Å². The molecule has 0 spiro atoms. The number of hydrogen-bond donors (Lipinski definition) is 0. The van der Waals surface area contributed by atoms with E-state index in [1.165, 1.54) is 12.1 Å². The van der Waals surface area contributed by atoms with Gasteiger partial charge in [-0.05, 0) is 12.8 Å². The molecule has 0 aliphatic heterocycles. The van der Waals surface area contributed by atoms with Crippen LogP contribution in [0.5, 0.6) is 0 Å². The van der Waals surface area contributed by atoms with Gasteiger partial charge < -0.3 is 11.8 Å². The Kier molecular flexibility index (Phi) is 33.3. The van der Waals surface area contributed by atoms with Crippen LogP contribution in [0.25, 0.3) is 0 Å². The van der Waals surface area contributed by atoms with E-state index in [4.69, 9.17) is 28.7 Å². The van der Waals surface area contributed by atoms with E-state index in [0.717, 1.165) is 18.7 Å². The fourth-order valence-electron chi connectivity index (χ4n) is 1.35. The second-order valence-electron chi connectivity index (χ2n) is 6.19. The zero-order chi connectivity index (χ0) is 17.4. The van der Waals surface area contributed by atoms with Gasteiger partial charge in [0.25, 0.3) is 0 Å². The molecule has 0 aromatic carbocycles. The fraction of sp³-hybridized carbons (Fsp3) is 0.647. The van der Waals surface area contributed by atoms with Gasteiger partial charge in [-0.1, -0.05) is 45.7 Å². The standard InChI is InChI=1S/C8H15NSi.C7H15ClSi.CN.CH4.Na/c1-4-10(2,3)8-6-5-7-9;1-4-9(2,3)7-5-6-8;1-2;;/h4H,1,5-6,8H2,2-3H3;4H,1,5-7H2,2-3H3;;1H4;/q;;-1;;+1. The minimum absolute atomic E-state index is 0. The molecule has 128 valence electrons. The molecule has 0 aromatic rings. The first kappa shape index (κ1) is 34.5. The summed E-state index contributed by atoms with van der Waals surface area (Å²) in [6, 6.07) is 4.63. The largest absolute Gasteiger partial charge is 1.00 e. The van der Waals surface area contributed by atoms with Gasteiger partial charge in [-0.2, -0.15) is 5.26 Å². The Labute approximate surface area is 174 Å². The van der Waals surface area contributed by atoms with Crippen molar-refractivity contribution in [1.29, 1.82) is 10.5 Å². The molecular weight excluding hydrogens is 347 g/mol. The summed E-state index contributed by atoms with van der Waals surface area (Å²) < 4.78 is 0. The molecule has 2 nitrogen and oxygen atoms in total. The second kappa shape index (κ2) is 22.2. The summed E-state index contributed by atoms with van der Waals surface area (Å²) in [5.41, 5.74) is 4.21. The van der Waals surface area contributed by atoms with Crippen LogP contribution in [-0.2, 0) is 0 Å². The average Bonchev–Trinajstić information content (AvgIpc) is 2.48. The number of unbranched alkanes of at least 4 members (excludes halogenated alkanes) is 1. The number of rotatable bonds is 8. The average molecular weight is 381 g/mol. The predicted octanol–water partition coefficient (Wildman–Crippen LogP) is 3.51. The van der Waals surface area contributed by atoms with E-state index in [1.807, 2.05) is 0 Å². The first-order chi connectivity index (χ1) is 9.74. The molecule has 0 saturated heterocycles. The normalized spacial score (nSPS) is 9.13. The minimum atomic E-state index is -1.10. The van der Waals surface area contributed by atoms with E-state index in [-0.39, 0.29) is 37.0 Å². The smallest absolute Gasteiger partial charge is 0.512 e. The number of halogens is 1. The summed E-state index contributed by atoms with van der Waals surface area (Å²) in [7, 11) is -2.12. The maximum Gasteiger partial charge on any atom is 1.00 e. The Hall–Kier alpha value is 0.184. The third-order valence-corrected chi connectivity index (χ3v) is 8.93. The molecule has 0 unspecified atom stereocenters. The quantitative estimate of drug-likeness (QED) is 0.280. The van der Waals surface area contributed by atoms with Crippen molar-refractivity contribution in [3.05, 3.63) is 31.1 Å². The fourth-order valence-corrected chi connectivity index (χ4v) is 4.29. The van der Waals surface area contributed by atoms with Gasteiger partial charge in [0.2, 0.25) is 0 Å². The molecule has 0 atom stereocenters. The van der Waals surface area contributed by atoms with Gasteiger partial charge in [-0.3, -0.25) is 0 Å². The molecule has 0 fully saturated rings. The number of hydrogen-bond acceptors (Lipinski definition) is 2. The van der Waals surface area contributed by atoms with Gasteiger partial charge in [0.1, 0.15) is 0 Å². The summed E-state index contributed by atoms with van der Waals surface area (Å²) in [5, 5.41) is 14.5. The van der Waals surface area contributed by atoms with Gasteiger partial charge >= 0.3 is 29.6 Å². The van der Waals surface area contributed by atoms with E-state index in [0.29, 0.717) is 6.42 Å². The zero-order valence-corrected chi connectivity index (χ0v) is 19.8. The molecule has 0 N–H and O–H groups in total. The van der Waals surface area contributed by atoms with E-state index >= 15 is 0 Å². The minimum Gasteiger partial charge on any atom is -0.512 e. The van der Waals surface area contributed by atoms with E-state index < -0.39 is 16.1 Å². The van der Waals surface area contributed by atoms with E-state index in [2.05, 4.69) is 56.8 Å². The van der Waals surface area contributed by atoms with Crippen LogP contribution in [-0.4, -0.2) is 22.0 Å². The third-order valence-electron chi connectivity index (χ3n) is 3.17. The monoisotopic (exact) mass is 380 g/mol. The Bertz CT molecular complexity index is 337. The van der Waals surface area contributed by atoms with Crippen LogP contribution in [0.15, 0.2) is 24.6 Å². The summed E-state index contributed by atoms with van der Waals surface area (Å²) in [6.07, 6.45) is 2.89. The van der Waals surface area contributed by atoms with Crippen LogP contribution in [0, 0.1) is 23.2 Å². The van der Waals surface area contributed by atoms with Crippen molar-refractivity contribution in [3.63, 3.8) is 0 Å². The van der Waals surface area contributed by atoms with Crippen molar-refractivity contribution in [2.24, 2.45) is 0 Å². The van der Waals surface area contributed by atoms with Crippen molar-refractivity contribution >= 4 is 27.7 Å². The SMILES string of the molecule is C.C=C[Si](C)(C)CCCC#N.C=C[Si](C)(C)CCCCl.[C-]#N.[Na+]. The second-order valence-corrected chi connectivity index (χ2v) is 16.3. The molecule has 0 amide bonds. The molecule has 6 heteroatoms. The summed E-state index contributed by atoms with van der Waals surface area (Å²) in [4.78, 5) is 0. The molecule has 0 aromatic heterocycles. The van der Waals surface area contributed by atoms with Gasteiger partial charge in [-0.25, -0.2) is 0 Å². The van der Waals surface area contributed by atoms with Gasteiger partial charge in [-0.15, -0.1) is 36.2 Å². The van der Waals surface area contributed by atoms with Crippen LogP contribution in [0.3, 0.4) is 0 Å². The third kappa shape index (κ3) is 30.6. The molecule has 0 saturated carbocycles. The molecular formula is C17H34ClN2NaSi2. The number of nitrogens with zero attached hydrogens (tertiary/aromatic N) is 2. The van der Waals surface area contributed by atoms with Crippen molar-refractivity contribution in [1.82, 2.24) is 0 Å². The maximum absolute atomic E-state index is 8.28. The Morgan fingerprint density at radius 3 is 1.61 bits per heavy atom. The van der Waals surface area contributed by atoms with Crippen LogP contribution >= 0.6 is 11.6 Å². The van der Waals surface area contributed by atoms with Gasteiger partial charge in [0, 0.05) is 12.3 Å². The molecule has 0 radical (unpaired) electrons. The molecule has 0 bridgehead atoms. The summed E-state index contributed by atoms with van der Waals surface area (Å²) in [5.74, 6) is 0.796. The topological polar surface area (TPSA) is 47.6 Å². The summed E-state index contributed by atoms with van der Waals surface area (Å²) in [6.45, 7) is 21.5. The Morgan fingerprint density at radius 2 is 1.35 bits per heavy atom. The van der Waals surface area contributed by atoms with Crippen LogP contribution in [0.4, 0.5) is 0 Å². The Balaban J connectivity index is -0.0000000787. The van der Waals surface area contributed by atoms with Crippen molar-refractivity contribution in [2.75, 3.05) is 5.88 Å². The first-order valence-electron chi connectivity index (χ1n) is 7.17. The van der Waals surface area contributed by atoms with Crippen molar-refractivity contribution < 1.29 is 29.6 Å². The van der Waals surface area contributed by atoms with E-state index in [9.17, 15) is 0 Å². The molecule has 0 rings (SSSR count). The Morgan fingerprint density at radius 1 is 1.00 bits per heavy atom. The number of alkyl halides is 1. The van der Waals surface area contributed by atoms with Crippen molar-refractivity contribution in [3.8, 4) is 6.07 Å². The summed E-state index contributed by atoms with van der Waals surface area (Å²) >= 11 is 5.55. The van der Waals surface area contributed by atoms with Crippen LogP contribution < -0.4 is 29.6 Å². The molecule has 0 heterocycles. The van der Waals surface area contributed by atoms with Crippen molar-refractivity contribution in [2.45, 2.75) is 65.0 Å². The van der Waals surface area contributed by atoms with Crippen LogP contribution in [0.2, 0.25) is 38.3 Å². The zero-order valence-electron chi connectivity index (χ0n) is 15.1. The first-order valence-corrected chi connectivity index (χ1v) is 14.3. The van der Waals surface area contributed by atoms with Crippen LogP contribution in [0.1, 0.15) is 26.7 Å². The number of nitriles is 1. The van der Waals surface area contributed by atoms with Gasteiger partial charge in [0.05, 0.1) is 22.2 Å².